The summed E-state index contributed by atoms with van der Waals surface area (Å²) < 4.78 is 5.78. The lowest BCUT2D eigenvalue weighted by atomic mass is 10.1. The van der Waals surface area contributed by atoms with E-state index >= 15 is 0 Å². The summed E-state index contributed by atoms with van der Waals surface area (Å²) in [5.74, 6) is 3.56. The first-order chi connectivity index (χ1) is 9.57. The van der Waals surface area contributed by atoms with Gasteiger partial charge in [-0.05, 0) is 33.6 Å². The molecule has 3 rings (SSSR count). The largest absolute Gasteiger partial charge is 0.372 e. The van der Waals surface area contributed by atoms with Gasteiger partial charge in [-0.15, -0.1) is 0 Å². The molecule has 20 heavy (non-hydrogen) atoms. The van der Waals surface area contributed by atoms with Crippen molar-refractivity contribution in [2.45, 2.75) is 45.1 Å². The van der Waals surface area contributed by atoms with E-state index in [1.807, 2.05) is 0 Å². The number of morpholine rings is 1. The van der Waals surface area contributed by atoms with Crippen molar-refractivity contribution in [3.8, 4) is 0 Å². The molecule has 110 valence electrons. The minimum absolute atomic E-state index is 0.110. The van der Waals surface area contributed by atoms with Crippen LogP contribution in [0.25, 0.3) is 0 Å². The van der Waals surface area contributed by atoms with Crippen molar-refractivity contribution in [3.63, 3.8) is 0 Å². The fourth-order valence-electron chi connectivity index (χ4n) is 2.62. The van der Waals surface area contributed by atoms with Crippen molar-refractivity contribution in [1.82, 2.24) is 9.97 Å². The molecule has 0 spiro atoms. The van der Waals surface area contributed by atoms with E-state index in [4.69, 9.17) is 9.72 Å². The number of anilines is 2. The lowest BCUT2D eigenvalue weighted by Crippen LogP contribution is -2.48. The highest BCUT2D eigenvalue weighted by molar-refractivity contribution is 5.50. The maximum absolute atomic E-state index is 5.78. The molecule has 0 unspecified atom stereocenters. The number of ether oxygens (including phenoxy) is 1. The number of rotatable bonds is 4. The average Bonchev–Trinajstić information content (AvgIpc) is 3.22. The highest BCUT2D eigenvalue weighted by Crippen LogP contribution is 2.39. The lowest BCUT2D eigenvalue weighted by Gasteiger charge is -2.38. The molecular weight excluding hydrogens is 252 g/mol. The van der Waals surface area contributed by atoms with Crippen molar-refractivity contribution < 1.29 is 4.74 Å². The van der Waals surface area contributed by atoms with Crippen LogP contribution in [-0.4, -0.2) is 41.8 Å². The Kier molecular flexibility index (Phi) is 3.54. The average molecular weight is 276 g/mol. The van der Waals surface area contributed by atoms with Gasteiger partial charge in [0.25, 0.3) is 0 Å². The smallest absolute Gasteiger partial charge is 0.136 e. The van der Waals surface area contributed by atoms with Crippen LogP contribution in [0.3, 0.4) is 0 Å². The standard InChI is InChI=1S/C15H24N4O/c1-4-16-12-9-13(18-14(17-12)11-5-6-11)19-7-8-20-15(2,3)10-19/h9,11H,4-8,10H2,1-3H3,(H,16,17,18). The maximum Gasteiger partial charge on any atom is 0.136 e. The van der Waals surface area contributed by atoms with Crippen molar-refractivity contribution in [3.05, 3.63) is 11.9 Å². The van der Waals surface area contributed by atoms with Gasteiger partial charge in [-0.3, -0.25) is 0 Å². The number of nitrogens with one attached hydrogen (secondary N) is 1. The molecule has 2 aliphatic rings. The van der Waals surface area contributed by atoms with Crippen molar-refractivity contribution in [1.29, 1.82) is 0 Å². The molecule has 1 aliphatic carbocycles. The monoisotopic (exact) mass is 276 g/mol. The zero-order valence-corrected chi connectivity index (χ0v) is 12.6. The maximum atomic E-state index is 5.78. The molecule has 0 aromatic carbocycles. The lowest BCUT2D eigenvalue weighted by molar-refractivity contribution is -0.0279. The summed E-state index contributed by atoms with van der Waals surface area (Å²) in [5.41, 5.74) is -0.110. The van der Waals surface area contributed by atoms with E-state index in [0.29, 0.717) is 5.92 Å². The third-order valence-corrected chi connectivity index (χ3v) is 3.78. The van der Waals surface area contributed by atoms with E-state index in [1.165, 1.54) is 12.8 Å². The van der Waals surface area contributed by atoms with Crippen molar-refractivity contribution >= 4 is 11.6 Å². The molecule has 1 aliphatic heterocycles. The Balaban J connectivity index is 1.87. The Labute approximate surface area is 120 Å². The van der Waals surface area contributed by atoms with Crippen LogP contribution >= 0.6 is 0 Å². The van der Waals surface area contributed by atoms with Crippen LogP contribution in [0.4, 0.5) is 11.6 Å². The molecule has 5 nitrogen and oxygen atoms in total. The van der Waals surface area contributed by atoms with Gasteiger partial charge in [0.1, 0.15) is 17.5 Å². The Morgan fingerprint density at radius 2 is 2.20 bits per heavy atom. The van der Waals surface area contributed by atoms with Crippen LogP contribution in [0.15, 0.2) is 6.07 Å². The van der Waals surface area contributed by atoms with Crippen LogP contribution in [-0.2, 0) is 4.74 Å². The molecule has 0 atom stereocenters. The fraction of sp³-hybridized carbons (Fsp3) is 0.733. The van der Waals surface area contributed by atoms with Gasteiger partial charge in [-0.25, -0.2) is 9.97 Å². The Morgan fingerprint density at radius 1 is 1.40 bits per heavy atom. The van der Waals surface area contributed by atoms with Gasteiger partial charge in [0.2, 0.25) is 0 Å². The SMILES string of the molecule is CCNc1cc(N2CCOC(C)(C)C2)nc(C2CC2)n1. The Morgan fingerprint density at radius 3 is 2.85 bits per heavy atom. The topological polar surface area (TPSA) is 50.3 Å². The van der Waals surface area contributed by atoms with Gasteiger partial charge in [-0.1, -0.05) is 0 Å². The predicted octanol–water partition coefficient (Wildman–Crippen LogP) is 2.40. The van der Waals surface area contributed by atoms with Gasteiger partial charge < -0.3 is 15.0 Å². The van der Waals surface area contributed by atoms with E-state index in [-0.39, 0.29) is 5.60 Å². The molecule has 0 bridgehead atoms. The Bertz CT molecular complexity index is 485. The summed E-state index contributed by atoms with van der Waals surface area (Å²) in [6.45, 7) is 9.77. The van der Waals surface area contributed by atoms with Gasteiger partial charge >= 0.3 is 0 Å². The van der Waals surface area contributed by atoms with Crippen LogP contribution in [0.5, 0.6) is 0 Å². The molecule has 0 radical (unpaired) electrons. The molecule has 2 heterocycles. The van der Waals surface area contributed by atoms with Crippen molar-refractivity contribution in [2.75, 3.05) is 36.5 Å². The number of aromatic nitrogens is 2. The van der Waals surface area contributed by atoms with Crippen LogP contribution in [0.2, 0.25) is 0 Å². The van der Waals surface area contributed by atoms with E-state index in [9.17, 15) is 0 Å². The van der Waals surface area contributed by atoms with Gasteiger partial charge in [0, 0.05) is 31.6 Å². The van der Waals surface area contributed by atoms with Gasteiger partial charge in [0.05, 0.1) is 12.2 Å². The molecule has 1 saturated carbocycles. The zero-order chi connectivity index (χ0) is 14.2. The van der Waals surface area contributed by atoms with E-state index < -0.39 is 0 Å². The summed E-state index contributed by atoms with van der Waals surface area (Å²) in [5, 5.41) is 3.32. The van der Waals surface area contributed by atoms with Crippen LogP contribution in [0.1, 0.15) is 45.4 Å². The second-order valence-corrected chi connectivity index (χ2v) is 6.30. The molecule has 5 heteroatoms. The number of hydrogen-bond donors (Lipinski definition) is 1. The molecule has 1 aromatic heterocycles. The molecule has 1 N–H and O–H groups in total. The molecule has 1 saturated heterocycles. The van der Waals surface area contributed by atoms with E-state index in [0.717, 1.165) is 43.7 Å². The first-order valence-electron chi connectivity index (χ1n) is 7.59. The van der Waals surface area contributed by atoms with E-state index in [2.05, 4.69) is 42.0 Å². The fourth-order valence-corrected chi connectivity index (χ4v) is 2.62. The zero-order valence-electron chi connectivity index (χ0n) is 12.6. The third kappa shape index (κ3) is 3.03. The summed E-state index contributed by atoms with van der Waals surface area (Å²) in [7, 11) is 0. The minimum atomic E-state index is -0.110. The normalized spacial score (nSPS) is 21.9. The second-order valence-electron chi connectivity index (χ2n) is 6.30. The highest BCUT2D eigenvalue weighted by Gasteiger charge is 2.31. The van der Waals surface area contributed by atoms with Crippen molar-refractivity contribution in [2.24, 2.45) is 0 Å². The number of nitrogens with zero attached hydrogens (tertiary/aromatic N) is 3. The van der Waals surface area contributed by atoms with Gasteiger partial charge in [0.15, 0.2) is 0 Å². The minimum Gasteiger partial charge on any atom is -0.372 e. The highest BCUT2D eigenvalue weighted by atomic mass is 16.5. The predicted molar refractivity (Wildman–Crippen MR) is 80.4 cm³/mol. The van der Waals surface area contributed by atoms with Crippen LogP contribution in [0, 0.1) is 0 Å². The summed E-state index contributed by atoms with van der Waals surface area (Å²) >= 11 is 0. The molecule has 0 amide bonds. The summed E-state index contributed by atoms with van der Waals surface area (Å²) in [6, 6.07) is 2.07. The third-order valence-electron chi connectivity index (χ3n) is 3.78. The summed E-state index contributed by atoms with van der Waals surface area (Å²) in [4.78, 5) is 11.7. The van der Waals surface area contributed by atoms with Crippen LogP contribution < -0.4 is 10.2 Å². The molecular formula is C15H24N4O. The Hall–Kier alpha value is -1.36. The first-order valence-corrected chi connectivity index (χ1v) is 7.59. The quantitative estimate of drug-likeness (QED) is 0.915. The van der Waals surface area contributed by atoms with Gasteiger partial charge in [-0.2, -0.15) is 0 Å². The molecule has 1 aromatic rings. The number of hydrogen-bond acceptors (Lipinski definition) is 5. The molecule has 2 fully saturated rings. The first kappa shape index (κ1) is 13.6. The summed E-state index contributed by atoms with van der Waals surface area (Å²) in [6.07, 6.45) is 2.45. The van der Waals surface area contributed by atoms with E-state index in [1.54, 1.807) is 0 Å². The second kappa shape index (κ2) is 5.20.